The lowest BCUT2D eigenvalue weighted by Crippen LogP contribution is -2.44. The maximum atomic E-state index is 12.9. The molecule has 0 N–H and O–H groups in total. The van der Waals surface area contributed by atoms with E-state index in [0.29, 0.717) is 17.9 Å². The van der Waals surface area contributed by atoms with Gasteiger partial charge in [0.25, 0.3) is 0 Å². The first-order valence-corrected chi connectivity index (χ1v) is 8.24. The van der Waals surface area contributed by atoms with Crippen LogP contribution in [0.1, 0.15) is 31.7 Å². The van der Waals surface area contributed by atoms with Crippen LogP contribution in [0.15, 0.2) is 30.3 Å². The van der Waals surface area contributed by atoms with Crippen LogP contribution in [0.25, 0.3) is 0 Å². The van der Waals surface area contributed by atoms with Crippen molar-refractivity contribution in [1.82, 2.24) is 4.90 Å². The quantitative estimate of drug-likeness (QED) is 0.782. The number of amides is 1. The van der Waals surface area contributed by atoms with Crippen LogP contribution in [-0.2, 0) is 10.2 Å². The van der Waals surface area contributed by atoms with Crippen molar-refractivity contribution >= 4 is 21.8 Å². The van der Waals surface area contributed by atoms with E-state index in [-0.39, 0.29) is 5.41 Å². The van der Waals surface area contributed by atoms with Crippen LogP contribution < -0.4 is 0 Å². The molecule has 0 aromatic heterocycles. The van der Waals surface area contributed by atoms with Crippen molar-refractivity contribution in [2.24, 2.45) is 5.92 Å². The Morgan fingerprint density at radius 3 is 2.63 bits per heavy atom. The van der Waals surface area contributed by atoms with E-state index in [1.54, 1.807) is 0 Å². The molecule has 0 bridgehead atoms. The zero-order valence-corrected chi connectivity index (χ0v) is 12.9. The molecule has 1 heterocycles. The fraction of sp³-hybridized carbons (Fsp3) is 0.562. The van der Waals surface area contributed by atoms with Gasteiger partial charge in [0.05, 0.1) is 5.41 Å². The Morgan fingerprint density at radius 2 is 2.05 bits per heavy atom. The maximum Gasteiger partial charge on any atom is 0.233 e. The second-order valence-corrected chi connectivity index (χ2v) is 6.58. The first kappa shape index (κ1) is 13.2. The fourth-order valence-corrected chi connectivity index (χ4v) is 4.27. The highest BCUT2D eigenvalue weighted by Crippen LogP contribution is 2.50. The van der Waals surface area contributed by atoms with Gasteiger partial charge in [-0.25, -0.2) is 0 Å². The van der Waals surface area contributed by atoms with E-state index in [0.717, 1.165) is 31.1 Å². The predicted octanol–water partition coefficient (Wildman–Crippen LogP) is 3.35. The number of rotatable bonds is 3. The Bertz CT molecular complexity index is 469. The standard InChI is InChI=1S/C16H20BrNO/c1-12-7-10-18(14(12)11-17)15(19)16(8-9-16)13-5-3-2-4-6-13/h2-6,12,14H,7-11H2,1H3. The van der Waals surface area contributed by atoms with Crippen LogP contribution in [0.3, 0.4) is 0 Å². The molecule has 2 fully saturated rings. The normalized spacial score (nSPS) is 28.4. The third kappa shape index (κ3) is 2.12. The van der Waals surface area contributed by atoms with E-state index in [4.69, 9.17) is 0 Å². The Kier molecular flexibility index (Phi) is 3.42. The topological polar surface area (TPSA) is 20.3 Å². The van der Waals surface area contributed by atoms with Crippen molar-refractivity contribution in [1.29, 1.82) is 0 Å². The molecule has 1 aromatic carbocycles. The molecule has 0 spiro atoms. The van der Waals surface area contributed by atoms with E-state index in [1.165, 1.54) is 5.56 Å². The van der Waals surface area contributed by atoms with Crippen molar-refractivity contribution in [3.8, 4) is 0 Å². The number of carbonyl (C=O) groups is 1. The molecule has 3 heteroatoms. The number of carbonyl (C=O) groups excluding carboxylic acids is 1. The molecule has 1 aliphatic carbocycles. The van der Waals surface area contributed by atoms with Crippen LogP contribution in [0, 0.1) is 5.92 Å². The van der Waals surface area contributed by atoms with Gasteiger partial charge in [-0.2, -0.15) is 0 Å². The summed E-state index contributed by atoms with van der Waals surface area (Å²) in [6, 6.07) is 10.7. The molecule has 1 saturated carbocycles. The van der Waals surface area contributed by atoms with E-state index >= 15 is 0 Å². The van der Waals surface area contributed by atoms with Gasteiger partial charge in [-0.1, -0.05) is 53.2 Å². The molecular weight excluding hydrogens is 302 g/mol. The van der Waals surface area contributed by atoms with Crippen LogP contribution in [0.4, 0.5) is 0 Å². The van der Waals surface area contributed by atoms with Crippen molar-refractivity contribution in [2.75, 3.05) is 11.9 Å². The van der Waals surface area contributed by atoms with Gasteiger partial charge in [-0.15, -0.1) is 0 Å². The lowest BCUT2D eigenvalue weighted by Gasteiger charge is -2.29. The van der Waals surface area contributed by atoms with E-state index in [2.05, 4.69) is 39.9 Å². The summed E-state index contributed by atoms with van der Waals surface area (Å²) >= 11 is 3.57. The van der Waals surface area contributed by atoms with Gasteiger partial charge in [0.1, 0.15) is 0 Å². The van der Waals surface area contributed by atoms with Gasteiger partial charge < -0.3 is 4.90 Å². The Hall–Kier alpha value is -0.830. The van der Waals surface area contributed by atoms with E-state index in [1.807, 2.05) is 18.2 Å². The molecule has 1 amide bonds. The maximum absolute atomic E-state index is 12.9. The molecule has 2 nitrogen and oxygen atoms in total. The average Bonchev–Trinajstić information content (AvgIpc) is 3.17. The SMILES string of the molecule is CC1CCN(C(=O)C2(c3ccccc3)CC2)C1CBr. The second kappa shape index (κ2) is 4.93. The molecule has 0 radical (unpaired) electrons. The number of alkyl halides is 1. The van der Waals surface area contributed by atoms with Gasteiger partial charge >= 0.3 is 0 Å². The molecule has 2 aliphatic rings. The second-order valence-electron chi connectivity index (χ2n) is 5.93. The summed E-state index contributed by atoms with van der Waals surface area (Å²) in [7, 11) is 0. The van der Waals surface area contributed by atoms with Crippen LogP contribution in [0.5, 0.6) is 0 Å². The van der Waals surface area contributed by atoms with Gasteiger partial charge in [-0.05, 0) is 30.7 Å². The van der Waals surface area contributed by atoms with Crippen molar-refractivity contribution in [2.45, 2.75) is 37.6 Å². The summed E-state index contributed by atoms with van der Waals surface area (Å²) in [5, 5.41) is 0.894. The van der Waals surface area contributed by atoms with Gasteiger partial charge in [0, 0.05) is 17.9 Å². The summed E-state index contributed by atoms with van der Waals surface area (Å²) < 4.78 is 0. The van der Waals surface area contributed by atoms with Gasteiger partial charge in [-0.3, -0.25) is 4.79 Å². The predicted molar refractivity (Wildman–Crippen MR) is 80.4 cm³/mol. The number of benzene rings is 1. The minimum Gasteiger partial charge on any atom is -0.338 e. The fourth-order valence-electron chi connectivity index (χ4n) is 3.28. The first-order valence-electron chi connectivity index (χ1n) is 7.11. The molecule has 2 atom stereocenters. The number of nitrogens with zero attached hydrogens (tertiary/aromatic N) is 1. The molecule has 1 aliphatic heterocycles. The highest BCUT2D eigenvalue weighted by atomic mass is 79.9. The first-order chi connectivity index (χ1) is 9.19. The Balaban J connectivity index is 1.85. The minimum absolute atomic E-state index is 0.203. The summed E-state index contributed by atoms with van der Waals surface area (Å²) in [6.45, 7) is 3.17. The molecule has 1 aromatic rings. The third-order valence-corrected chi connectivity index (χ3v) is 5.45. The zero-order chi connectivity index (χ0) is 13.5. The van der Waals surface area contributed by atoms with Crippen molar-refractivity contribution in [3.63, 3.8) is 0 Å². The summed E-state index contributed by atoms with van der Waals surface area (Å²) in [5.74, 6) is 0.961. The molecule has 19 heavy (non-hydrogen) atoms. The molecule has 102 valence electrons. The molecule has 3 rings (SSSR count). The van der Waals surface area contributed by atoms with Gasteiger partial charge in [0.2, 0.25) is 5.91 Å². The minimum atomic E-state index is -0.203. The highest BCUT2D eigenvalue weighted by Gasteiger charge is 2.54. The van der Waals surface area contributed by atoms with Crippen molar-refractivity contribution < 1.29 is 4.79 Å². The number of likely N-dealkylation sites (tertiary alicyclic amines) is 1. The number of halogens is 1. The Labute approximate surface area is 123 Å². The largest absolute Gasteiger partial charge is 0.338 e. The van der Waals surface area contributed by atoms with E-state index < -0.39 is 0 Å². The monoisotopic (exact) mass is 321 g/mol. The van der Waals surface area contributed by atoms with Crippen molar-refractivity contribution in [3.05, 3.63) is 35.9 Å². The summed E-state index contributed by atoms with van der Waals surface area (Å²) in [5.41, 5.74) is 0.999. The highest BCUT2D eigenvalue weighted by molar-refractivity contribution is 9.09. The summed E-state index contributed by atoms with van der Waals surface area (Å²) in [6.07, 6.45) is 3.15. The number of hydrogen-bond donors (Lipinski definition) is 0. The lowest BCUT2D eigenvalue weighted by molar-refractivity contribution is -0.134. The number of hydrogen-bond acceptors (Lipinski definition) is 1. The van der Waals surface area contributed by atoms with Crippen LogP contribution in [0.2, 0.25) is 0 Å². The van der Waals surface area contributed by atoms with Crippen LogP contribution >= 0.6 is 15.9 Å². The van der Waals surface area contributed by atoms with Crippen LogP contribution in [-0.4, -0.2) is 28.7 Å². The Morgan fingerprint density at radius 1 is 1.37 bits per heavy atom. The third-order valence-electron chi connectivity index (χ3n) is 4.79. The zero-order valence-electron chi connectivity index (χ0n) is 11.3. The molecule has 1 saturated heterocycles. The average molecular weight is 322 g/mol. The summed E-state index contributed by atoms with van der Waals surface area (Å²) in [4.78, 5) is 15.1. The molecular formula is C16H20BrNO. The van der Waals surface area contributed by atoms with E-state index in [9.17, 15) is 4.79 Å². The van der Waals surface area contributed by atoms with Gasteiger partial charge in [0.15, 0.2) is 0 Å². The lowest BCUT2D eigenvalue weighted by atomic mass is 9.94. The smallest absolute Gasteiger partial charge is 0.233 e. The molecule has 2 unspecified atom stereocenters.